The van der Waals surface area contributed by atoms with Gasteiger partial charge in [-0.05, 0) is 54.3 Å². The van der Waals surface area contributed by atoms with Crippen LogP contribution < -0.4 is 10.6 Å². The molecule has 3 heterocycles. The van der Waals surface area contributed by atoms with Crippen LogP contribution in [0, 0.1) is 6.92 Å². The van der Waals surface area contributed by atoms with E-state index in [-0.39, 0.29) is 12.6 Å². The molecular formula is C25H30N4O4S2. The quantitative estimate of drug-likeness (QED) is 0.349. The summed E-state index contributed by atoms with van der Waals surface area (Å²) in [6.07, 6.45) is -1.40. The molecule has 1 aliphatic rings. The number of anilines is 1. The molecule has 2 amide bonds. The van der Waals surface area contributed by atoms with Gasteiger partial charge in [0, 0.05) is 23.8 Å². The Morgan fingerprint density at radius 3 is 2.74 bits per heavy atom. The Labute approximate surface area is 212 Å². The fourth-order valence-corrected chi connectivity index (χ4v) is 5.81. The van der Waals surface area contributed by atoms with Gasteiger partial charge in [-0.25, -0.2) is 4.98 Å². The molecule has 4 N–H and O–H groups in total. The number of likely N-dealkylation sites (tertiary alicyclic amines) is 1. The first-order valence-electron chi connectivity index (χ1n) is 11.6. The Morgan fingerprint density at radius 1 is 1.20 bits per heavy atom. The number of nitrogens with one attached hydrogen (secondary N) is 2. The van der Waals surface area contributed by atoms with Crippen LogP contribution in [0.3, 0.4) is 0 Å². The van der Waals surface area contributed by atoms with Crippen molar-refractivity contribution < 1.29 is 19.8 Å². The van der Waals surface area contributed by atoms with Crippen LogP contribution >= 0.6 is 22.7 Å². The molecule has 3 atom stereocenters. The minimum Gasteiger partial charge on any atom is -0.380 e. The van der Waals surface area contributed by atoms with Crippen LogP contribution in [0.15, 0.2) is 41.1 Å². The van der Waals surface area contributed by atoms with Crippen molar-refractivity contribution in [2.24, 2.45) is 0 Å². The van der Waals surface area contributed by atoms with Crippen molar-refractivity contribution in [3.63, 3.8) is 0 Å². The normalized spacial score (nSPS) is 17.3. The molecule has 0 bridgehead atoms. The van der Waals surface area contributed by atoms with E-state index in [4.69, 9.17) is 0 Å². The van der Waals surface area contributed by atoms with Gasteiger partial charge in [-0.3, -0.25) is 9.59 Å². The van der Waals surface area contributed by atoms with Crippen molar-refractivity contribution in [1.82, 2.24) is 15.2 Å². The smallest absolute Gasteiger partial charge is 0.255 e. The average Bonchev–Trinajstić information content (AvgIpc) is 3.63. The summed E-state index contributed by atoms with van der Waals surface area (Å²) in [7, 11) is 1.78. The highest BCUT2D eigenvalue weighted by atomic mass is 32.1. The Kier molecular flexibility index (Phi) is 8.17. The third kappa shape index (κ3) is 5.90. The Balaban J connectivity index is 1.31. The van der Waals surface area contributed by atoms with Gasteiger partial charge in [0.05, 0.1) is 18.3 Å². The fraction of sp³-hybridized carbons (Fsp3) is 0.400. The molecule has 10 heteroatoms. The molecule has 1 saturated heterocycles. The van der Waals surface area contributed by atoms with E-state index in [0.717, 1.165) is 40.5 Å². The first-order chi connectivity index (χ1) is 16.9. The fourth-order valence-electron chi connectivity index (χ4n) is 4.26. The Hall–Kier alpha value is -2.79. The summed E-state index contributed by atoms with van der Waals surface area (Å²) in [5.41, 5.74) is 4.37. The summed E-state index contributed by atoms with van der Waals surface area (Å²) < 4.78 is 0. The molecule has 35 heavy (non-hydrogen) atoms. The third-order valence-corrected chi connectivity index (χ3v) is 8.10. The molecule has 2 aromatic heterocycles. The number of rotatable bonds is 9. The zero-order valence-corrected chi connectivity index (χ0v) is 21.4. The van der Waals surface area contributed by atoms with Crippen molar-refractivity contribution in [2.75, 3.05) is 18.9 Å². The topological polar surface area (TPSA) is 115 Å². The van der Waals surface area contributed by atoms with Gasteiger partial charge in [-0.2, -0.15) is 0 Å². The summed E-state index contributed by atoms with van der Waals surface area (Å²) >= 11 is 2.96. The standard InChI is InChI=1S/C25H30N4O4S2/c1-15-6-3-4-7-17(15)10-16-11-18(34-13-16)12-27-23(32)21(30)22(31)24(33)29-9-5-8-20(29)19-14-35-25(26-2)28-19/h3-4,6-7,11,13-14,20-22,30-31H,5,8-10,12H2,1-2H3,(H,26,28)(H,27,32)/t20-,21-,22-/m1/s1. The van der Waals surface area contributed by atoms with Gasteiger partial charge in [-0.15, -0.1) is 22.7 Å². The molecule has 0 radical (unpaired) electrons. The number of aryl methyl sites for hydroxylation is 1. The second-order valence-corrected chi connectivity index (χ2v) is 10.5. The predicted octanol–water partition coefficient (Wildman–Crippen LogP) is 2.85. The molecule has 0 aliphatic carbocycles. The zero-order chi connectivity index (χ0) is 24.9. The minimum atomic E-state index is -1.85. The number of hydrogen-bond donors (Lipinski definition) is 4. The van der Waals surface area contributed by atoms with Crippen molar-refractivity contribution in [3.05, 3.63) is 68.4 Å². The van der Waals surface area contributed by atoms with E-state index in [2.05, 4.69) is 34.7 Å². The number of aliphatic hydroxyl groups is 2. The molecule has 8 nitrogen and oxygen atoms in total. The van der Waals surface area contributed by atoms with Gasteiger partial charge in [0.15, 0.2) is 17.3 Å². The zero-order valence-electron chi connectivity index (χ0n) is 19.7. The maximum absolute atomic E-state index is 12.9. The highest BCUT2D eigenvalue weighted by Crippen LogP contribution is 2.34. The van der Waals surface area contributed by atoms with Crippen LogP contribution in [0.4, 0.5) is 5.13 Å². The number of benzene rings is 1. The van der Waals surface area contributed by atoms with Crippen LogP contribution in [-0.2, 0) is 22.6 Å². The molecule has 1 aromatic carbocycles. The van der Waals surface area contributed by atoms with E-state index in [1.165, 1.54) is 38.7 Å². The molecule has 1 fully saturated rings. The summed E-state index contributed by atoms with van der Waals surface area (Å²) in [6, 6.07) is 9.96. The van der Waals surface area contributed by atoms with E-state index in [0.29, 0.717) is 6.54 Å². The molecule has 0 unspecified atom stereocenters. The van der Waals surface area contributed by atoms with Crippen LogP contribution in [0.5, 0.6) is 0 Å². The highest BCUT2D eigenvalue weighted by molar-refractivity contribution is 7.13. The van der Waals surface area contributed by atoms with Crippen molar-refractivity contribution in [1.29, 1.82) is 0 Å². The SMILES string of the molecule is CNc1nc([C@H]2CCCN2C(=O)[C@H](O)[C@@H](O)C(=O)NCc2cc(Cc3ccccc3C)cs2)cs1. The van der Waals surface area contributed by atoms with Gasteiger partial charge in [-0.1, -0.05) is 24.3 Å². The number of aromatic nitrogens is 1. The monoisotopic (exact) mass is 514 g/mol. The predicted molar refractivity (Wildman–Crippen MR) is 138 cm³/mol. The van der Waals surface area contributed by atoms with Crippen molar-refractivity contribution in [2.45, 2.75) is 51.0 Å². The number of amides is 2. The van der Waals surface area contributed by atoms with Crippen LogP contribution in [-0.4, -0.2) is 57.7 Å². The number of hydrogen-bond acceptors (Lipinski definition) is 8. The van der Waals surface area contributed by atoms with Gasteiger partial charge in [0.25, 0.3) is 11.8 Å². The maximum Gasteiger partial charge on any atom is 0.255 e. The molecule has 3 aromatic rings. The van der Waals surface area contributed by atoms with Crippen LogP contribution in [0.1, 0.15) is 46.1 Å². The van der Waals surface area contributed by atoms with Gasteiger partial charge >= 0.3 is 0 Å². The Morgan fingerprint density at radius 2 is 2.00 bits per heavy atom. The maximum atomic E-state index is 12.9. The van der Waals surface area contributed by atoms with Gasteiger partial charge in [0.1, 0.15) is 0 Å². The summed E-state index contributed by atoms with van der Waals surface area (Å²) in [5.74, 6) is -1.44. The lowest BCUT2D eigenvalue weighted by atomic mass is 10.0. The lowest BCUT2D eigenvalue weighted by Crippen LogP contribution is -2.50. The molecular weight excluding hydrogens is 484 g/mol. The number of thiophene rings is 1. The highest BCUT2D eigenvalue weighted by Gasteiger charge is 2.39. The molecule has 1 aliphatic heterocycles. The van der Waals surface area contributed by atoms with Crippen molar-refractivity contribution >= 4 is 39.6 Å². The number of aliphatic hydroxyl groups excluding tert-OH is 2. The Bertz CT molecular complexity index is 1180. The van der Waals surface area contributed by atoms with Gasteiger partial charge < -0.3 is 25.7 Å². The van der Waals surface area contributed by atoms with E-state index in [1.807, 2.05) is 29.0 Å². The van der Waals surface area contributed by atoms with E-state index in [1.54, 1.807) is 7.05 Å². The second-order valence-electron chi connectivity index (χ2n) is 8.65. The summed E-state index contributed by atoms with van der Waals surface area (Å²) in [4.78, 5) is 32.3. The van der Waals surface area contributed by atoms with Gasteiger partial charge in [0.2, 0.25) is 0 Å². The van der Waals surface area contributed by atoms with Crippen molar-refractivity contribution in [3.8, 4) is 0 Å². The summed E-state index contributed by atoms with van der Waals surface area (Å²) in [5, 5.41) is 31.2. The lowest BCUT2D eigenvalue weighted by molar-refractivity contribution is -0.153. The average molecular weight is 515 g/mol. The number of carbonyl (C=O) groups is 2. The molecule has 186 valence electrons. The first-order valence-corrected chi connectivity index (χ1v) is 13.3. The minimum absolute atomic E-state index is 0.215. The lowest BCUT2D eigenvalue weighted by Gasteiger charge is -2.27. The van der Waals surface area contributed by atoms with E-state index in [9.17, 15) is 19.8 Å². The number of thiazole rings is 1. The van der Waals surface area contributed by atoms with Crippen LogP contribution in [0.25, 0.3) is 0 Å². The van der Waals surface area contributed by atoms with E-state index < -0.39 is 24.0 Å². The second kappa shape index (κ2) is 11.3. The first kappa shape index (κ1) is 25.3. The largest absolute Gasteiger partial charge is 0.380 e. The van der Waals surface area contributed by atoms with E-state index >= 15 is 0 Å². The summed E-state index contributed by atoms with van der Waals surface area (Å²) in [6.45, 7) is 2.74. The number of nitrogens with zero attached hydrogens (tertiary/aromatic N) is 2. The molecule has 0 saturated carbocycles. The molecule has 4 rings (SSSR count). The number of carbonyl (C=O) groups excluding carboxylic acids is 2. The third-order valence-electron chi connectivity index (χ3n) is 6.23. The van der Waals surface area contributed by atoms with Crippen LogP contribution in [0.2, 0.25) is 0 Å². The molecule has 0 spiro atoms.